The summed E-state index contributed by atoms with van der Waals surface area (Å²) in [6.07, 6.45) is 1.70. The van der Waals surface area contributed by atoms with Gasteiger partial charge in [-0.05, 0) is 43.7 Å². The first-order chi connectivity index (χ1) is 14.0. The van der Waals surface area contributed by atoms with Crippen molar-refractivity contribution in [2.24, 2.45) is 0 Å². The Morgan fingerprint density at radius 1 is 1.10 bits per heavy atom. The van der Waals surface area contributed by atoms with E-state index in [-0.39, 0.29) is 24.2 Å². The Labute approximate surface area is 169 Å². The number of carbonyl (C=O) groups is 1. The summed E-state index contributed by atoms with van der Waals surface area (Å²) < 4.78 is 21.7. The third-order valence-corrected chi connectivity index (χ3v) is 4.72. The standard InChI is InChI=1S/C23H22O6/c1-15(2)28-18-10-8-17(9-11-18)23(25)19(12-16-6-4-3-5-7-16)21(22(24)29-23)20-13-26-14-27-20/h3-11,13,15,25H,12,14H2,1-2H3. The van der Waals surface area contributed by atoms with Gasteiger partial charge in [-0.15, -0.1) is 0 Å². The summed E-state index contributed by atoms with van der Waals surface area (Å²) in [6, 6.07) is 16.4. The number of cyclic esters (lactones) is 1. The van der Waals surface area contributed by atoms with Crippen molar-refractivity contribution < 1.29 is 28.8 Å². The van der Waals surface area contributed by atoms with Gasteiger partial charge in [-0.1, -0.05) is 30.3 Å². The van der Waals surface area contributed by atoms with Crippen LogP contribution in [-0.4, -0.2) is 24.0 Å². The average Bonchev–Trinajstić information content (AvgIpc) is 3.30. The van der Waals surface area contributed by atoms with Gasteiger partial charge in [-0.25, -0.2) is 4.79 Å². The molecule has 0 amide bonds. The molecule has 0 spiro atoms. The number of hydrogen-bond donors (Lipinski definition) is 1. The number of aliphatic hydroxyl groups is 1. The van der Waals surface area contributed by atoms with Crippen LogP contribution in [0.5, 0.6) is 5.75 Å². The van der Waals surface area contributed by atoms with Gasteiger partial charge in [-0.3, -0.25) is 0 Å². The van der Waals surface area contributed by atoms with Crippen molar-refractivity contribution >= 4 is 5.97 Å². The van der Waals surface area contributed by atoms with Crippen molar-refractivity contribution in [3.8, 4) is 5.75 Å². The van der Waals surface area contributed by atoms with Crippen LogP contribution in [0.25, 0.3) is 0 Å². The zero-order valence-electron chi connectivity index (χ0n) is 16.3. The molecule has 0 radical (unpaired) electrons. The predicted molar refractivity (Wildman–Crippen MR) is 104 cm³/mol. The zero-order valence-corrected chi connectivity index (χ0v) is 16.3. The van der Waals surface area contributed by atoms with Crippen LogP contribution in [0.3, 0.4) is 0 Å². The number of ether oxygens (including phenoxy) is 4. The maximum Gasteiger partial charge on any atom is 0.345 e. The third kappa shape index (κ3) is 3.71. The Morgan fingerprint density at radius 2 is 1.83 bits per heavy atom. The fourth-order valence-corrected chi connectivity index (χ4v) is 3.43. The predicted octanol–water partition coefficient (Wildman–Crippen LogP) is 3.56. The van der Waals surface area contributed by atoms with Gasteiger partial charge in [-0.2, -0.15) is 0 Å². The lowest BCUT2D eigenvalue weighted by Crippen LogP contribution is -2.29. The van der Waals surface area contributed by atoms with Gasteiger partial charge in [0.25, 0.3) is 5.79 Å². The zero-order chi connectivity index (χ0) is 20.4. The lowest BCUT2D eigenvalue weighted by Gasteiger charge is -2.26. The second kappa shape index (κ2) is 7.64. The molecule has 2 aromatic carbocycles. The van der Waals surface area contributed by atoms with E-state index in [1.165, 1.54) is 6.26 Å². The van der Waals surface area contributed by atoms with Gasteiger partial charge < -0.3 is 24.1 Å². The molecule has 4 rings (SSSR count). The lowest BCUT2D eigenvalue weighted by molar-refractivity contribution is -0.186. The fraction of sp³-hybridized carbons (Fsp3) is 0.261. The highest BCUT2D eigenvalue weighted by molar-refractivity contribution is 5.97. The van der Waals surface area contributed by atoms with E-state index in [1.807, 2.05) is 44.2 Å². The Kier molecular flexibility index (Phi) is 5.03. The average molecular weight is 394 g/mol. The summed E-state index contributed by atoms with van der Waals surface area (Å²) in [5.41, 5.74) is 1.96. The van der Waals surface area contributed by atoms with Crippen LogP contribution < -0.4 is 4.74 Å². The maximum atomic E-state index is 12.7. The van der Waals surface area contributed by atoms with Gasteiger partial charge in [0.2, 0.25) is 6.79 Å². The second-order valence-corrected chi connectivity index (χ2v) is 7.15. The van der Waals surface area contributed by atoms with E-state index < -0.39 is 11.8 Å². The normalized spacial score (nSPS) is 21.0. The quantitative estimate of drug-likeness (QED) is 0.755. The van der Waals surface area contributed by atoms with Crippen molar-refractivity contribution in [2.45, 2.75) is 32.2 Å². The van der Waals surface area contributed by atoms with E-state index >= 15 is 0 Å². The minimum Gasteiger partial charge on any atom is -0.491 e. The minimum absolute atomic E-state index is 0.0183. The SMILES string of the molecule is CC(C)Oc1ccc(C2(O)OC(=O)C(C3=COCO3)=C2Cc2ccccc2)cc1. The summed E-state index contributed by atoms with van der Waals surface area (Å²) in [7, 11) is 0. The molecule has 0 aliphatic carbocycles. The van der Waals surface area contributed by atoms with E-state index in [1.54, 1.807) is 24.3 Å². The monoisotopic (exact) mass is 394 g/mol. The topological polar surface area (TPSA) is 74.2 Å². The number of benzene rings is 2. The van der Waals surface area contributed by atoms with Gasteiger partial charge in [0, 0.05) is 17.6 Å². The fourth-order valence-electron chi connectivity index (χ4n) is 3.43. The van der Waals surface area contributed by atoms with Crippen molar-refractivity contribution in [1.82, 2.24) is 0 Å². The number of hydrogen-bond acceptors (Lipinski definition) is 6. The molecule has 0 fully saturated rings. The number of carbonyl (C=O) groups excluding carboxylic acids is 1. The Morgan fingerprint density at radius 3 is 2.45 bits per heavy atom. The summed E-state index contributed by atoms with van der Waals surface area (Å²) in [6.45, 7) is 3.89. The van der Waals surface area contributed by atoms with Crippen molar-refractivity contribution in [3.63, 3.8) is 0 Å². The van der Waals surface area contributed by atoms with Crippen molar-refractivity contribution in [2.75, 3.05) is 6.79 Å². The van der Waals surface area contributed by atoms with Gasteiger partial charge >= 0.3 is 5.97 Å². The number of rotatable bonds is 6. The van der Waals surface area contributed by atoms with Crippen LogP contribution in [0.4, 0.5) is 0 Å². The molecular formula is C23H22O6. The molecule has 2 aromatic rings. The second-order valence-electron chi connectivity index (χ2n) is 7.15. The first kappa shape index (κ1) is 19.1. The summed E-state index contributed by atoms with van der Waals surface area (Å²) in [5.74, 6) is -1.64. The third-order valence-electron chi connectivity index (χ3n) is 4.72. The van der Waals surface area contributed by atoms with Crippen LogP contribution in [0.15, 0.2) is 77.8 Å². The molecule has 0 saturated heterocycles. The molecule has 1 N–H and O–H groups in total. The van der Waals surface area contributed by atoms with Crippen molar-refractivity contribution in [1.29, 1.82) is 0 Å². The van der Waals surface area contributed by atoms with Crippen LogP contribution in [0.1, 0.15) is 25.0 Å². The molecular weight excluding hydrogens is 372 g/mol. The van der Waals surface area contributed by atoms with E-state index in [0.717, 1.165) is 5.56 Å². The first-order valence-corrected chi connectivity index (χ1v) is 9.43. The molecule has 150 valence electrons. The van der Waals surface area contributed by atoms with E-state index in [4.69, 9.17) is 18.9 Å². The molecule has 2 heterocycles. The summed E-state index contributed by atoms with van der Waals surface area (Å²) in [5, 5.41) is 11.5. The Bertz CT molecular complexity index is 959. The molecule has 1 unspecified atom stereocenters. The summed E-state index contributed by atoms with van der Waals surface area (Å²) in [4.78, 5) is 12.7. The van der Waals surface area contributed by atoms with Crippen LogP contribution in [0, 0.1) is 0 Å². The largest absolute Gasteiger partial charge is 0.491 e. The molecule has 2 aliphatic heterocycles. The van der Waals surface area contributed by atoms with E-state index in [2.05, 4.69) is 0 Å². The van der Waals surface area contributed by atoms with Crippen molar-refractivity contribution in [3.05, 3.63) is 88.9 Å². The maximum absolute atomic E-state index is 12.7. The van der Waals surface area contributed by atoms with Crippen LogP contribution in [-0.2, 0) is 31.2 Å². The molecule has 2 aliphatic rings. The van der Waals surface area contributed by atoms with Gasteiger partial charge in [0.1, 0.15) is 17.6 Å². The van der Waals surface area contributed by atoms with Crippen LogP contribution in [0.2, 0.25) is 0 Å². The molecule has 0 bridgehead atoms. The smallest absolute Gasteiger partial charge is 0.345 e. The highest BCUT2D eigenvalue weighted by atomic mass is 16.7. The Balaban J connectivity index is 1.77. The minimum atomic E-state index is -1.91. The van der Waals surface area contributed by atoms with Crippen LogP contribution >= 0.6 is 0 Å². The lowest BCUT2D eigenvalue weighted by atomic mass is 9.90. The molecule has 0 saturated carbocycles. The first-order valence-electron chi connectivity index (χ1n) is 9.43. The highest BCUT2D eigenvalue weighted by Crippen LogP contribution is 2.44. The van der Waals surface area contributed by atoms with Gasteiger partial charge in [0.05, 0.1) is 6.10 Å². The number of esters is 1. The van der Waals surface area contributed by atoms with E-state index in [9.17, 15) is 9.90 Å². The molecule has 29 heavy (non-hydrogen) atoms. The Hall–Kier alpha value is -3.25. The highest BCUT2D eigenvalue weighted by Gasteiger charge is 2.49. The molecule has 1 atom stereocenters. The van der Waals surface area contributed by atoms with E-state index in [0.29, 0.717) is 23.3 Å². The molecule has 6 heteroatoms. The molecule has 0 aromatic heterocycles. The van der Waals surface area contributed by atoms with Gasteiger partial charge in [0.15, 0.2) is 5.76 Å². The molecule has 6 nitrogen and oxygen atoms in total. The summed E-state index contributed by atoms with van der Waals surface area (Å²) >= 11 is 0.